The van der Waals surface area contributed by atoms with Crippen LogP contribution in [0.3, 0.4) is 0 Å². The predicted octanol–water partition coefficient (Wildman–Crippen LogP) is 2.50. The first-order valence-corrected chi connectivity index (χ1v) is 6.02. The molecule has 2 heteroatoms. The Bertz CT molecular complexity index is 329. The summed E-state index contributed by atoms with van der Waals surface area (Å²) in [5.41, 5.74) is 7.94. The first-order chi connectivity index (χ1) is 7.65. The van der Waals surface area contributed by atoms with Gasteiger partial charge in [0.25, 0.3) is 0 Å². The third-order valence-electron chi connectivity index (χ3n) is 3.24. The van der Waals surface area contributed by atoms with Gasteiger partial charge in [-0.1, -0.05) is 26.0 Å². The molecule has 1 unspecified atom stereocenters. The molecule has 0 spiro atoms. The van der Waals surface area contributed by atoms with Crippen molar-refractivity contribution in [1.82, 2.24) is 4.90 Å². The minimum atomic E-state index is 0.735. The van der Waals surface area contributed by atoms with Gasteiger partial charge in [-0.2, -0.15) is 0 Å². The normalized spacial score (nSPS) is 21.1. The fourth-order valence-electron chi connectivity index (χ4n) is 2.27. The Morgan fingerprint density at radius 2 is 2.00 bits per heavy atom. The smallest absolute Gasteiger partial charge is 0.0314 e. The van der Waals surface area contributed by atoms with E-state index in [9.17, 15) is 0 Å². The fraction of sp³-hybridized carbons (Fsp3) is 0.500. The monoisotopic (exact) mass is 217 g/mol. The van der Waals surface area contributed by atoms with Crippen LogP contribution >= 0.6 is 0 Å². The van der Waals surface area contributed by atoms with Crippen molar-refractivity contribution in [1.29, 1.82) is 0 Å². The molecule has 1 aromatic rings. The Labute approximate surface area is 98.4 Å². The van der Waals surface area contributed by atoms with E-state index < -0.39 is 0 Å². The molecule has 1 fully saturated rings. The lowest BCUT2D eigenvalue weighted by atomic mass is 9.94. The first-order valence-electron chi connectivity index (χ1n) is 6.02. The van der Waals surface area contributed by atoms with E-state index in [0.717, 1.165) is 24.7 Å². The van der Waals surface area contributed by atoms with Crippen LogP contribution in [0.4, 0.5) is 5.69 Å². The summed E-state index contributed by atoms with van der Waals surface area (Å²) in [6.45, 7) is 6.82. The zero-order chi connectivity index (χ0) is 11.5. The molecule has 2 rings (SSSR count). The van der Waals surface area contributed by atoms with E-state index in [-0.39, 0.29) is 0 Å². The number of hydrogen-bond acceptors (Lipinski definition) is 2. The van der Waals surface area contributed by atoms with Crippen molar-refractivity contribution in [3.05, 3.63) is 35.7 Å². The van der Waals surface area contributed by atoms with Gasteiger partial charge in [0, 0.05) is 18.3 Å². The Morgan fingerprint density at radius 1 is 1.31 bits per heavy atom. The third-order valence-corrected chi connectivity index (χ3v) is 3.24. The molecule has 1 aliphatic rings. The number of nitrogens with zero attached hydrogens (tertiary/aromatic N) is 1. The molecule has 1 aromatic carbocycles. The predicted molar refractivity (Wildman–Crippen MR) is 69.1 cm³/mol. The van der Waals surface area contributed by atoms with E-state index in [2.05, 4.69) is 30.9 Å². The van der Waals surface area contributed by atoms with Crippen LogP contribution in [0.1, 0.15) is 25.8 Å². The van der Waals surface area contributed by atoms with Crippen LogP contribution < -0.4 is 5.73 Å². The second kappa shape index (κ2) is 4.88. The molecule has 16 heavy (non-hydrogen) atoms. The van der Waals surface area contributed by atoms with Crippen molar-refractivity contribution in [3.63, 3.8) is 0 Å². The summed E-state index contributed by atoms with van der Waals surface area (Å²) >= 11 is 0. The van der Waals surface area contributed by atoms with Gasteiger partial charge in [0.2, 0.25) is 0 Å². The number of benzene rings is 1. The van der Waals surface area contributed by atoms with Crippen molar-refractivity contribution in [2.24, 2.45) is 0 Å². The van der Waals surface area contributed by atoms with Gasteiger partial charge in [-0.15, -0.1) is 0 Å². The van der Waals surface area contributed by atoms with Crippen LogP contribution in [0.5, 0.6) is 0 Å². The Balaban J connectivity index is 1.88. The first kappa shape index (κ1) is 11.5. The zero-order valence-electron chi connectivity index (χ0n) is 10.2. The van der Waals surface area contributed by atoms with E-state index in [1.807, 2.05) is 12.1 Å². The van der Waals surface area contributed by atoms with Crippen LogP contribution in [0.15, 0.2) is 24.3 Å². The van der Waals surface area contributed by atoms with Gasteiger partial charge in [0.05, 0.1) is 0 Å². The molecule has 87 valence electrons. The zero-order valence-corrected chi connectivity index (χ0v) is 10.2. The summed E-state index contributed by atoms with van der Waals surface area (Å²) in [5.74, 6) is 1.50. The topological polar surface area (TPSA) is 29.3 Å². The molecule has 1 aliphatic heterocycles. The molecular formula is C14H21N2. The van der Waals surface area contributed by atoms with Gasteiger partial charge in [0.15, 0.2) is 0 Å². The number of hydrogen-bond donors (Lipinski definition) is 1. The lowest BCUT2D eigenvalue weighted by molar-refractivity contribution is 0.0969. The van der Waals surface area contributed by atoms with Gasteiger partial charge in [-0.3, -0.25) is 4.90 Å². The molecule has 0 aliphatic carbocycles. The molecule has 1 heterocycles. The van der Waals surface area contributed by atoms with E-state index in [1.165, 1.54) is 24.4 Å². The maximum absolute atomic E-state index is 5.68. The van der Waals surface area contributed by atoms with Crippen molar-refractivity contribution >= 4 is 5.69 Å². The van der Waals surface area contributed by atoms with Crippen LogP contribution in [-0.2, 0) is 6.42 Å². The molecule has 0 saturated carbocycles. The molecule has 0 bridgehead atoms. The highest BCUT2D eigenvalue weighted by molar-refractivity contribution is 5.39. The highest BCUT2D eigenvalue weighted by Crippen LogP contribution is 2.23. The molecular weight excluding hydrogens is 196 g/mol. The van der Waals surface area contributed by atoms with Gasteiger partial charge in [-0.25, -0.2) is 0 Å². The molecule has 1 radical (unpaired) electrons. The summed E-state index contributed by atoms with van der Waals surface area (Å²) in [6, 6.07) is 9.02. The maximum Gasteiger partial charge on any atom is 0.0314 e. The van der Waals surface area contributed by atoms with Crippen molar-refractivity contribution < 1.29 is 0 Å². The van der Waals surface area contributed by atoms with Crippen molar-refractivity contribution in [3.8, 4) is 0 Å². The van der Waals surface area contributed by atoms with Gasteiger partial charge in [0.1, 0.15) is 0 Å². The fourth-order valence-corrected chi connectivity index (χ4v) is 2.27. The number of nitrogens with two attached hydrogens (primary N) is 1. The number of nitrogen functional groups attached to an aromatic ring is 1. The Morgan fingerprint density at radius 3 is 2.50 bits per heavy atom. The highest BCUT2D eigenvalue weighted by Gasteiger charge is 2.27. The minimum absolute atomic E-state index is 0.735. The van der Waals surface area contributed by atoms with E-state index in [1.54, 1.807) is 0 Å². The molecule has 2 N–H and O–H groups in total. The molecule has 1 saturated heterocycles. The van der Waals surface area contributed by atoms with Crippen LogP contribution in [-0.4, -0.2) is 24.0 Å². The number of likely N-dealkylation sites (tertiary alicyclic amines) is 1. The largest absolute Gasteiger partial charge is 0.399 e. The third kappa shape index (κ3) is 2.76. The van der Waals surface area contributed by atoms with Gasteiger partial charge >= 0.3 is 0 Å². The number of rotatable bonds is 4. The second-order valence-corrected chi connectivity index (χ2v) is 5.07. The SMILES string of the molecule is C[C](C)CN1CCC1Cc1ccc(N)cc1. The molecule has 2 nitrogen and oxygen atoms in total. The standard InChI is InChI=1S/C14H21N2/c1-11(2)10-16-8-7-14(16)9-12-3-5-13(15)6-4-12/h3-6,14H,7-10,15H2,1-2H3. The number of anilines is 1. The van der Waals surface area contributed by atoms with Crippen molar-refractivity contribution in [2.75, 3.05) is 18.8 Å². The summed E-state index contributed by atoms with van der Waals surface area (Å²) in [5, 5.41) is 0. The van der Waals surface area contributed by atoms with E-state index in [0.29, 0.717) is 0 Å². The quantitative estimate of drug-likeness (QED) is 0.785. The van der Waals surface area contributed by atoms with Crippen LogP contribution in [0.25, 0.3) is 0 Å². The maximum atomic E-state index is 5.68. The van der Waals surface area contributed by atoms with Gasteiger partial charge < -0.3 is 5.73 Å². The summed E-state index contributed by atoms with van der Waals surface area (Å²) in [4.78, 5) is 2.56. The van der Waals surface area contributed by atoms with E-state index in [4.69, 9.17) is 5.73 Å². The summed E-state index contributed by atoms with van der Waals surface area (Å²) in [7, 11) is 0. The van der Waals surface area contributed by atoms with Crippen LogP contribution in [0, 0.1) is 5.92 Å². The van der Waals surface area contributed by atoms with Crippen LogP contribution in [0.2, 0.25) is 0 Å². The highest BCUT2D eigenvalue weighted by atomic mass is 15.2. The van der Waals surface area contributed by atoms with Crippen molar-refractivity contribution in [2.45, 2.75) is 32.7 Å². The van der Waals surface area contributed by atoms with E-state index >= 15 is 0 Å². The molecule has 0 amide bonds. The molecule has 0 aromatic heterocycles. The van der Waals surface area contributed by atoms with Gasteiger partial charge in [-0.05, 0) is 43.0 Å². The Kier molecular flexibility index (Phi) is 3.49. The minimum Gasteiger partial charge on any atom is -0.399 e. The summed E-state index contributed by atoms with van der Waals surface area (Å²) in [6.07, 6.45) is 2.49. The summed E-state index contributed by atoms with van der Waals surface area (Å²) < 4.78 is 0. The average molecular weight is 217 g/mol. The molecule has 1 atom stereocenters. The lowest BCUT2D eigenvalue weighted by Crippen LogP contribution is -2.49. The lowest BCUT2D eigenvalue weighted by Gasteiger charge is -2.42. The average Bonchev–Trinajstić information content (AvgIpc) is 2.23. The second-order valence-electron chi connectivity index (χ2n) is 5.07. The Hall–Kier alpha value is -1.02.